The summed E-state index contributed by atoms with van der Waals surface area (Å²) in [6.45, 7) is 28.8. The van der Waals surface area contributed by atoms with Gasteiger partial charge in [-0.25, -0.2) is 0 Å². The zero-order chi connectivity index (χ0) is 29.2. The fourth-order valence-electron chi connectivity index (χ4n) is 7.00. The summed E-state index contributed by atoms with van der Waals surface area (Å²) in [6, 6.07) is 20.1. The first kappa shape index (κ1) is 30.6. The van der Waals surface area contributed by atoms with Crippen LogP contribution >= 0.6 is 0 Å². The Hall–Kier alpha value is -0.886. The molecule has 0 atom stereocenters. The van der Waals surface area contributed by atoms with Crippen molar-refractivity contribution in [1.29, 1.82) is 0 Å². The zero-order valence-electron chi connectivity index (χ0n) is 26.4. The molecule has 0 amide bonds. The van der Waals surface area contributed by atoms with Gasteiger partial charge in [0.1, 0.15) is 0 Å². The summed E-state index contributed by atoms with van der Waals surface area (Å²) in [5, 5.41) is 0. The molecule has 0 nitrogen and oxygen atoms in total. The van der Waals surface area contributed by atoms with Gasteiger partial charge in [-0.3, -0.25) is 0 Å². The third kappa shape index (κ3) is 5.35. The molecule has 1 saturated heterocycles. The van der Waals surface area contributed by atoms with Crippen molar-refractivity contribution in [3.05, 3.63) is 115 Å². The Morgan fingerprint density at radius 3 is 0.500 bits per heavy atom. The van der Waals surface area contributed by atoms with Crippen molar-refractivity contribution in [3.8, 4) is 0 Å². The van der Waals surface area contributed by atoms with E-state index in [-0.39, 0.29) is 0 Å². The van der Waals surface area contributed by atoms with Crippen molar-refractivity contribution in [2.75, 3.05) is 0 Å². The molecule has 0 unspecified atom stereocenters. The third-order valence-electron chi connectivity index (χ3n) is 8.06. The normalized spacial score (nSPS) is 20.5. The van der Waals surface area contributed by atoms with E-state index in [1.54, 1.807) is 44.5 Å². The van der Waals surface area contributed by atoms with Crippen molar-refractivity contribution in [2.24, 2.45) is 0 Å². The fraction of sp³-hybridized carbons (Fsp3) is 0.333. The van der Waals surface area contributed by atoms with Crippen LogP contribution in [0.15, 0.2) is 48.5 Å². The van der Waals surface area contributed by atoms with Gasteiger partial charge >= 0.3 is 258 Å². The van der Waals surface area contributed by atoms with E-state index in [2.05, 4.69) is 132 Å². The Morgan fingerprint density at radius 1 is 0.250 bits per heavy atom. The molecule has 1 aliphatic heterocycles. The molecule has 5 rings (SSSR count). The molecular weight excluding hydrogens is 732 g/mol. The molecule has 1 heterocycles. The Morgan fingerprint density at radius 2 is 0.375 bits per heavy atom. The molecule has 4 aromatic carbocycles. The van der Waals surface area contributed by atoms with Crippen LogP contribution in [0.3, 0.4) is 0 Å². The third-order valence-corrected chi connectivity index (χ3v) is 206. The number of aryl methyl sites for hydroxylation is 12. The molecule has 0 aliphatic carbocycles. The van der Waals surface area contributed by atoms with Gasteiger partial charge in [-0.2, -0.15) is 0 Å². The molecule has 0 spiro atoms. The number of benzene rings is 4. The van der Waals surface area contributed by atoms with Gasteiger partial charge in [-0.15, -0.1) is 0 Å². The Balaban J connectivity index is 1.90. The van der Waals surface area contributed by atoms with E-state index in [1.807, 2.05) is 17.4 Å². The van der Waals surface area contributed by atoms with E-state index in [0.29, 0.717) is 0 Å². The van der Waals surface area contributed by atoms with Crippen LogP contribution < -0.4 is 17.4 Å². The standard InChI is InChI=1S/C36H44As4/c1-21-13-25(5)33(26(6)14-21)37-38(34-27(7)15-22(2)16-28(34)8)40(36-31(11)19-24(4)20-32(36)12)39(37)35-29(9)17-23(3)18-30(35)10/h13-20H,1-12H3. The Kier molecular flexibility index (Phi) is 8.91. The summed E-state index contributed by atoms with van der Waals surface area (Å²) >= 11 is 0. The molecule has 208 valence electrons. The molecule has 4 aromatic rings. The van der Waals surface area contributed by atoms with Crippen molar-refractivity contribution < 1.29 is 0 Å². The second kappa shape index (κ2) is 11.7. The summed E-state index contributed by atoms with van der Waals surface area (Å²) in [4.78, 5) is 0. The second-order valence-corrected chi connectivity index (χ2v) is 86.5. The summed E-state index contributed by atoms with van der Waals surface area (Å²) in [5.41, 5.74) is 18.5. The first-order valence-electron chi connectivity index (χ1n) is 14.3. The van der Waals surface area contributed by atoms with E-state index in [4.69, 9.17) is 0 Å². The topological polar surface area (TPSA) is 0 Å². The molecule has 0 N–H and O–H groups in total. The van der Waals surface area contributed by atoms with Gasteiger partial charge in [0.2, 0.25) is 0 Å². The van der Waals surface area contributed by atoms with Gasteiger partial charge in [0.15, 0.2) is 0 Å². The molecule has 4 heteroatoms. The minimum absolute atomic E-state index is 1.31. The average Bonchev–Trinajstić information content (AvgIpc) is 2.79. The van der Waals surface area contributed by atoms with E-state index < -0.39 is 42.1 Å². The van der Waals surface area contributed by atoms with E-state index >= 15 is 0 Å². The van der Waals surface area contributed by atoms with Gasteiger partial charge < -0.3 is 0 Å². The van der Waals surface area contributed by atoms with Gasteiger partial charge in [0.25, 0.3) is 0 Å². The van der Waals surface area contributed by atoms with Crippen LogP contribution in [0.4, 0.5) is 0 Å². The summed E-state index contributed by atoms with van der Waals surface area (Å²) in [5.74, 6) is 0. The van der Waals surface area contributed by atoms with Gasteiger partial charge in [0, 0.05) is 0 Å². The SMILES string of the molecule is Cc1cc(C)c([As]2[As](c3c(C)cc(C)cc3C)[As](c3c(C)cc(C)cc3C)[As]2c2c(C)cc(C)cc2C)c(C)c1. The van der Waals surface area contributed by atoms with Crippen molar-refractivity contribution in [1.82, 2.24) is 0 Å². The summed E-state index contributed by atoms with van der Waals surface area (Å²) in [6.07, 6.45) is 0. The Labute approximate surface area is 255 Å². The maximum atomic E-state index is 2.51. The molecule has 1 aliphatic rings. The molecule has 0 saturated carbocycles. The molecule has 0 aromatic heterocycles. The molecule has 1 fully saturated rings. The molecular formula is C36H44As4. The van der Waals surface area contributed by atoms with Gasteiger partial charge in [-0.05, 0) is 0 Å². The molecule has 40 heavy (non-hydrogen) atoms. The van der Waals surface area contributed by atoms with Crippen LogP contribution in [-0.4, -0.2) is 42.1 Å². The maximum absolute atomic E-state index is 2.51. The van der Waals surface area contributed by atoms with Crippen LogP contribution in [0.1, 0.15) is 66.8 Å². The first-order valence-corrected chi connectivity index (χ1v) is 38.9. The predicted octanol–water partition coefficient (Wildman–Crippen LogP) is 5.62. The zero-order valence-corrected chi connectivity index (χ0v) is 33.9. The number of rotatable bonds is 4. The van der Waals surface area contributed by atoms with Crippen LogP contribution in [-0.2, 0) is 0 Å². The summed E-state index contributed by atoms with van der Waals surface area (Å²) in [7, 11) is -5.24. The van der Waals surface area contributed by atoms with Crippen molar-refractivity contribution >= 4 is 59.5 Å². The van der Waals surface area contributed by atoms with E-state index in [9.17, 15) is 0 Å². The average molecular weight is 776 g/mol. The van der Waals surface area contributed by atoms with Crippen molar-refractivity contribution in [2.45, 2.75) is 83.1 Å². The van der Waals surface area contributed by atoms with Crippen LogP contribution in [0, 0.1) is 83.1 Å². The van der Waals surface area contributed by atoms with Gasteiger partial charge in [-0.1, -0.05) is 0 Å². The summed E-state index contributed by atoms with van der Waals surface area (Å²) < 4.78 is 7.52. The van der Waals surface area contributed by atoms with Crippen LogP contribution in [0.2, 0.25) is 0 Å². The van der Waals surface area contributed by atoms with Crippen LogP contribution in [0.25, 0.3) is 0 Å². The molecule has 0 radical (unpaired) electrons. The second-order valence-electron chi connectivity index (χ2n) is 12.1. The van der Waals surface area contributed by atoms with Gasteiger partial charge in [0.05, 0.1) is 0 Å². The van der Waals surface area contributed by atoms with Crippen LogP contribution in [0.5, 0.6) is 0 Å². The first-order chi connectivity index (χ1) is 18.8. The molecule has 0 bridgehead atoms. The fourth-order valence-corrected chi connectivity index (χ4v) is 259. The van der Waals surface area contributed by atoms with Crippen molar-refractivity contribution in [3.63, 3.8) is 0 Å². The van der Waals surface area contributed by atoms with E-state index in [1.165, 1.54) is 22.3 Å². The minimum atomic E-state index is -1.31. The quantitative estimate of drug-likeness (QED) is 0.237. The number of hydrogen-bond acceptors (Lipinski definition) is 0. The monoisotopic (exact) mass is 776 g/mol. The Bertz CT molecular complexity index is 1300. The number of hydrogen-bond donors (Lipinski definition) is 0. The van der Waals surface area contributed by atoms with E-state index in [0.717, 1.165) is 0 Å². The predicted molar refractivity (Wildman–Crippen MR) is 184 cm³/mol.